The molecule has 0 unspecified atom stereocenters. The third kappa shape index (κ3) is 4.62. The Labute approximate surface area is 113 Å². The number of ether oxygens (including phenoxy) is 1. The van der Waals surface area contributed by atoms with Gasteiger partial charge in [0, 0.05) is 19.0 Å². The molecule has 18 heavy (non-hydrogen) atoms. The van der Waals surface area contributed by atoms with E-state index in [4.69, 9.17) is 16.3 Å². The largest absolute Gasteiger partial charge is 0.446 e. The van der Waals surface area contributed by atoms with Crippen LogP contribution in [0.15, 0.2) is 0 Å². The van der Waals surface area contributed by atoms with Gasteiger partial charge in [0.15, 0.2) is 0 Å². The van der Waals surface area contributed by atoms with Crippen molar-refractivity contribution in [3.8, 4) is 0 Å². The first-order valence-electron chi connectivity index (χ1n) is 5.89. The molecule has 106 valence electrons. The summed E-state index contributed by atoms with van der Waals surface area (Å²) in [5.41, 5.74) is 0. The summed E-state index contributed by atoms with van der Waals surface area (Å²) in [6, 6.07) is 0. The Kier molecular flexibility index (Phi) is 5.68. The molecule has 0 aliphatic carbocycles. The van der Waals surface area contributed by atoms with Gasteiger partial charge in [0.1, 0.15) is 0 Å². The SMILES string of the molecule is CC(C)OC(=O)NS(=O)(=O)N1CCC(CCl)CC1. The van der Waals surface area contributed by atoms with Crippen LogP contribution in [0.4, 0.5) is 4.79 Å². The van der Waals surface area contributed by atoms with Crippen molar-refractivity contribution in [3.05, 3.63) is 0 Å². The van der Waals surface area contributed by atoms with Crippen LogP contribution >= 0.6 is 11.6 Å². The van der Waals surface area contributed by atoms with Crippen molar-refractivity contribution in [1.82, 2.24) is 9.03 Å². The van der Waals surface area contributed by atoms with E-state index in [2.05, 4.69) is 0 Å². The van der Waals surface area contributed by atoms with Crippen molar-refractivity contribution >= 4 is 27.9 Å². The van der Waals surface area contributed by atoms with Gasteiger partial charge in [-0.25, -0.2) is 9.52 Å². The Bertz CT molecular complexity index is 377. The van der Waals surface area contributed by atoms with Gasteiger partial charge < -0.3 is 4.74 Å². The highest BCUT2D eigenvalue weighted by Crippen LogP contribution is 2.19. The van der Waals surface area contributed by atoms with Crippen LogP contribution in [-0.2, 0) is 14.9 Å². The van der Waals surface area contributed by atoms with E-state index in [1.54, 1.807) is 13.8 Å². The second-order valence-electron chi connectivity index (χ2n) is 4.56. The minimum Gasteiger partial charge on any atom is -0.446 e. The number of hydrogen-bond donors (Lipinski definition) is 1. The summed E-state index contributed by atoms with van der Waals surface area (Å²) < 4.78 is 31.6. The summed E-state index contributed by atoms with van der Waals surface area (Å²) in [6.45, 7) is 4.06. The van der Waals surface area contributed by atoms with Gasteiger partial charge in [-0.3, -0.25) is 0 Å². The second-order valence-corrected chi connectivity index (χ2v) is 6.54. The van der Waals surface area contributed by atoms with E-state index in [-0.39, 0.29) is 6.10 Å². The molecule has 0 aromatic carbocycles. The Morgan fingerprint density at radius 3 is 2.44 bits per heavy atom. The summed E-state index contributed by atoms with van der Waals surface area (Å²) in [7, 11) is -3.79. The molecule has 6 nitrogen and oxygen atoms in total. The monoisotopic (exact) mass is 298 g/mol. The van der Waals surface area contributed by atoms with Crippen LogP contribution in [0.3, 0.4) is 0 Å². The van der Waals surface area contributed by atoms with Crippen LogP contribution in [0.25, 0.3) is 0 Å². The van der Waals surface area contributed by atoms with E-state index in [1.165, 1.54) is 4.31 Å². The molecule has 1 aliphatic rings. The molecular formula is C10H19ClN2O4S. The van der Waals surface area contributed by atoms with Gasteiger partial charge in [-0.2, -0.15) is 12.7 Å². The van der Waals surface area contributed by atoms with Crippen LogP contribution in [0.5, 0.6) is 0 Å². The second kappa shape index (κ2) is 6.58. The van der Waals surface area contributed by atoms with Crippen molar-refractivity contribution in [2.45, 2.75) is 32.8 Å². The lowest BCUT2D eigenvalue weighted by atomic mass is 10.0. The molecular weight excluding hydrogens is 280 g/mol. The quantitative estimate of drug-likeness (QED) is 0.794. The Balaban J connectivity index is 2.52. The van der Waals surface area contributed by atoms with Gasteiger partial charge in [-0.15, -0.1) is 11.6 Å². The molecule has 0 radical (unpaired) electrons. The number of rotatable bonds is 4. The van der Waals surface area contributed by atoms with E-state index in [9.17, 15) is 13.2 Å². The maximum absolute atomic E-state index is 11.9. The van der Waals surface area contributed by atoms with Crippen molar-refractivity contribution in [1.29, 1.82) is 0 Å². The van der Waals surface area contributed by atoms with Gasteiger partial charge in [0.25, 0.3) is 0 Å². The highest BCUT2D eigenvalue weighted by molar-refractivity contribution is 7.87. The van der Waals surface area contributed by atoms with Gasteiger partial charge >= 0.3 is 16.3 Å². The third-order valence-electron chi connectivity index (χ3n) is 2.69. The van der Waals surface area contributed by atoms with Gasteiger partial charge in [-0.05, 0) is 32.6 Å². The minimum absolute atomic E-state index is 0.348. The molecule has 1 aliphatic heterocycles. The number of hydrogen-bond acceptors (Lipinski definition) is 4. The lowest BCUT2D eigenvalue weighted by Crippen LogP contribution is -2.47. The van der Waals surface area contributed by atoms with Crippen LogP contribution in [0.2, 0.25) is 0 Å². The van der Waals surface area contributed by atoms with Crippen LogP contribution in [0.1, 0.15) is 26.7 Å². The molecule has 1 rings (SSSR count). The highest BCUT2D eigenvalue weighted by Gasteiger charge is 2.29. The maximum Gasteiger partial charge on any atom is 0.422 e. The van der Waals surface area contributed by atoms with Crippen molar-refractivity contribution in [2.24, 2.45) is 5.92 Å². The van der Waals surface area contributed by atoms with E-state index in [1.807, 2.05) is 4.72 Å². The lowest BCUT2D eigenvalue weighted by Gasteiger charge is -2.29. The molecule has 0 saturated carbocycles. The summed E-state index contributed by atoms with van der Waals surface area (Å²) >= 11 is 5.73. The molecule has 0 atom stereocenters. The van der Waals surface area contributed by atoms with Crippen molar-refractivity contribution < 1.29 is 17.9 Å². The molecule has 1 N–H and O–H groups in total. The van der Waals surface area contributed by atoms with E-state index >= 15 is 0 Å². The first-order valence-corrected chi connectivity index (χ1v) is 7.87. The first-order chi connectivity index (χ1) is 8.35. The average molecular weight is 299 g/mol. The number of carbonyl (C=O) groups is 1. The predicted molar refractivity (Wildman–Crippen MR) is 68.7 cm³/mol. The summed E-state index contributed by atoms with van der Waals surface area (Å²) in [5, 5.41) is 0. The highest BCUT2D eigenvalue weighted by atomic mass is 35.5. The Morgan fingerprint density at radius 2 is 2.00 bits per heavy atom. The average Bonchev–Trinajstić information content (AvgIpc) is 2.27. The van der Waals surface area contributed by atoms with Crippen molar-refractivity contribution in [3.63, 3.8) is 0 Å². The number of alkyl halides is 1. The van der Waals surface area contributed by atoms with E-state index in [0.717, 1.165) is 0 Å². The fraction of sp³-hybridized carbons (Fsp3) is 0.900. The van der Waals surface area contributed by atoms with Gasteiger partial charge in [0.05, 0.1) is 6.10 Å². The lowest BCUT2D eigenvalue weighted by molar-refractivity contribution is 0.120. The van der Waals surface area contributed by atoms with Gasteiger partial charge in [0.2, 0.25) is 0 Å². The fourth-order valence-electron chi connectivity index (χ4n) is 1.71. The zero-order chi connectivity index (χ0) is 13.8. The van der Waals surface area contributed by atoms with Crippen LogP contribution in [-0.4, -0.2) is 43.9 Å². The molecule has 0 spiro atoms. The Morgan fingerprint density at radius 1 is 1.44 bits per heavy atom. The molecule has 1 saturated heterocycles. The molecule has 0 aromatic heterocycles. The topological polar surface area (TPSA) is 75.7 Å². The molecule has 0 bridgehead atoms. The molecule has 8 heteroatoms. The maximum atomic E-state index is 11.9. The van der Waals surface area contributed by atoms with E-state index in [0.29, 0.717) is 37.7 Å². The Hall–Kier alpha value is -0.530. The normalized spacial score (nSPS) is 18.9. The summed E-state index contributed by atoms with van der Waals surface area (Å²) in [6.07, 6.45) is 0.124. The van der Waals surface area contributed by atoms with Crippen LogP contribution in [0, 0.1) is 5.92 Å². The zero-order valence-corrected chi connectivity index (χ0v) is 12.1. The number of piperidine rings is 1. The molecule has 1 fully saturated rings. The standard InChI is InChI=1S/C10H19ClN2O4S/c1-8(2)17-10(14)12-18(15,16)13-5-3-9(7-11)4-6-13/h8-9H,3-7H2,1-2H3,(H,12,14). The summed E-state index contributed by atoms with van der Waals surface area (Å²) in [4.78, 5) is 11.3. The smallest absolute Gasteiger partial charge is 0.422 e. The third-order valence-corrected chi connectivity index (χ3v) is 4.59. The number of amides is 1. The van der Waals surface area contributed by atoms with Crippen molar-refractivity contribution in [2.75, 3.05) is 19.0 Å². The zero-order valence-electron chi connectivity index (χ0n) is 10.6. The predicted octanol–water partition coefficient (Wildman–Crippen LogP) is 1.32. The summed E-state index contributed by atoms with van der Waals surface area (Å²) in [5.74, 6) is 0.886. The first kappa shape index (κ1) is 15.5. The minimum atomic E-state index is -3.79. The number of nitrogens with one attached hydrogen (secondary N) is 1. The van der Waals surface area contributed by atoms with Crippen LogP contribution < -0.4 is 4.72 Å². The number of halogens is 1. The fourth-order valence-corrected chi connectivity index (χ4v) is 3.10. The molecule has 1 heterocycles. The number of carbonyl (C=O) groups excluding carboxylic acids is 1. The molecule has 1 amide bonds. The molecule has 0 aromatic rings. The van der Waals surface area contributed by atoms with Gasteiger partial charge in [-0.1, -0.05) is 0 Å². The van der Waals surface area contributed by atoms with E-state index < -0.39 is 16.3 Å². The number of nitrogens with zero attached hydrogens (tertiary/aromatic N) is 1.